The number of aromatic nitrogens is 3. The summed E-state index contributed by atoms with van der Waals surface area (Å²) in [5.41, 5.74) is -0.729. The molecule has 5 rings (SSSR count). The maximum Gasteiger partial charge on any atom is 0.407 e. The third kappa shape index (κ3) is 6.79. The molecular formula is C29H39ClN6O6S. The van der Waals surface area contributed by atoms with E-state index in [1.807, 2.05) is 37.5 Å². The van der Waals surface area contributed by atoms with E-state index in [2.05, 4.69) is 20.3 Å². The fraction of sp³-hybridized carbons (Fsp3) is 0.621. The second kappa shape index (κ2) is 12.6. The first-order valence-corrected chi connectivity index (χ1v) is 15.6. The third-order valence-corrected chi connectivity index (χ3v) is 9.62. The molecule has 5 heterocycles. The first kappa shape index (κ1) is 31.6. The zero-order valence-electron chi connectivity index (χ0n) is 25.1. The minimum absolute atomic E-state index is 0.127. The van der Waals surface area contributed by atoms with Gasteiger partial charge in [-0.2, -0.15) is 0 Å². The number of esters is 1. The molecule has 14 heteroatoms. The molecule has 0 bridgehead atoms. The largest absolute Gasteiger partial charge is 0.464 e. The van der Waals surface area contributed by atoms with E-state index in [9.17, 15) is 14.7 Å². The van der Waals surface area contributed by atoms with Gasteiger partial charge in [0.15, 0.2) is 11.5 Å². The van der Waals surface area contributed by atoms with Gasteiger partial charge in [0, 0.05) is 55.2 Å². The number of ether oxygens (including phenoxy) is 3. The summed E-state index contributed by atoms with van der Waals surface area (Å²) < 4.78 is 16.6. The van der Waals surface area contributed by atoms with E-state index >= 15 is 0 Å². The zero-order chi connectivity index (χ0) is 30.9. The lowest BCUT2D eigenvalue weighted by atomic mass is 9.73. The van der Waals surface area contributed by atoms with E-state index in [0.717, 1.165) is 17.7 Å². The number of carbonyl (C=O) groups is 2. The Morgan fingerprint density at radius 1 is 1.21 bits per heavy atom. The smallest absolute Gasteiger partial charge is 0.407 e. The number of carbonyl (C=O) groups excluding carboxylic acids is 2. The molecular weight excluding hydrogens is 596 g/mol. The number of aliphatic hydroxyl groups is 1. The van der Waals surface area contributed by atoms with Crippen LogP contribution in [-0.2, 0) is 14.2 Å². The second-order valence-corrected chi connectivity index (χ2v) is 13.8. The molecule has 2 aromatic rings. The van der Waals surface area contributed by atoms with Gasteiger partial charge in [0.25, 0.3) is 0 Å². The lowest BCUT2D eigenvalue weighted by Crippen LogP contribution is -2.55. The van der Waals surface area contributed by atoms with Crippen LogP contribution in [0, 0.1) is 11.3 Å². The van der Waals surface area contributed by atoms with Gasteiger partial charge >= 0.3 is 12.1 Å². The number of piperidine rings is 1. The number of amides is 1. The molecule has 3 aliphatic heterocycles. The summed E-state index contributed by atoms with van der Waals surface area (Å²) in [6.45, 7) is 10.7. The van der Waals surface area contributed by atoms with E-state index < -0.39 is 17.7 Å². The Labute approximate surface area is 260 Å². The average molecular weight is 635 g/mol. The van der Waals surface area contributed by atoms with Crippen LogP contribution in [0.15, 0.2) is 28.4 Å². The number of nitrogens with zero attached hydrogens (tertiary/aromatic N) is 5. The number of alkyl carbamates (subject to hydrolysis) is 1. The van der Waals surface area contributed by atoms with Gasteiger partial charge in [-0.3, -0.25) is 0 Å². The number of aliphatic hydroxyl groups excluding tert-OH is 1. The SMILES string of the molecule is COC(=O)c1nc(Sc2ccnc(N3CC(CO)C3)c2Cl)cnc1N1CCC2(CC1)CO[C@@H](C)[C@H]2NC(=O)OC(C)(C)C. The van der Waals surface area contributed by atoms with Crippen LogP contribution in [0.4, 0.5) is 16.4 Å². The Morgan fingerprint density at radius 2 is 1.93 bits per heavy atom. The van der Waals surface area contributed by atoms with Gasteiger partial charge in [-0.1, -0.05) is 23.4 Å². The van der Waals surface area contributed by atoms with E-state index in [0.29, 0.717) is 54.5 Å². The van der Waals surface area contributed by atoms with Crippen LogP contribution in [0.1, 0.15) is 51.0 Å². The number of methoxy groups -OCH3 is 1. The first-order valence-electron chi connectivity index (χ1n) is 14.4. The highest BCUT2D eigenvalue weighted by molar-refractivity contribution is 7.99. The zero-order valence-corrected chi connectivity index (χ0v) is 26.7. The van der Waals surface area contributed by atoms with Crippen molar-refractivity contribution >= 4 is 47.1 Å². The number of hydrogen-bond acceptors (Lipinski definition) is 12. The molecule has 0 unspecified atom stereocenters. The van der Waals surface area contributed by atoms with Crippen LogP contribution >= 0.6 is 23.4 Å². The minimum Gasteiger partial charge on any atom is -0.464 e. The fourth-order valence-corrected chi connectivity index (χ4v) is 7.00. The highest BCUT2D eigenvalue weighted by atomic mass is 35.5. The average Bonchev–Trinajstić information content (AvgIpc) is 3.23. The number of anilines is 2. The van der Waals surface area contributed by atoms with E-state index in [-0.39, 0.29) is 35.8 Å². The molecule has 1 spiro atoms. The monoisotopic (exact) mass is 634 g/mol. The molecule has 2 N–H and O–H groups in total. The van der Waals surface area contributed by atoms with E-state index in [1.165, 1.54) is 18.9 Å². The van der Waals surface area contributed by atoms with Crippen molar-refractivity contribution in [3.63, 3.8) is 0 Å². The molecule has 0 aromatic carbocycles. The summed E-state index contributed by atoms with van der Waals surface area (Å²) in [5, 5.41) is 13.4. The molecule has 12 nitrogen and oxygen atoms in total. The summed E-state index contributed by atoms with van der Waals surface area (Å²) >= 11 is 8.00. The highest BCUT2D eigenvalue weighted by Gasteiger charge is 2.51. The Bertz CT molecular complexity index is 1350. The van der Waals surface area contributed by atoms with Crippen molar-refractivity contribution in [2.45, 2.75) is 68.2 Å². The maximum atomic E-state index is 12.9. The highest BCUT2D eigenvalue weighted by Crippen LogP contribution is 2.44. The summed E-state index contributed by atoms with van der Waals surface area (Å²) in [6, 6.07) is 1.60. The van der Waals surface area contributed by atoms with Crippen molar-refractivity contribution < 1.29 is 28.9 Å². The Balaban J connectivity index is 1.30. The molecule has 3 fully saturated rings. The van der Waals surface area contributed by atoms with Gasteiger partial charge in [-0.15, -0.1) is 0 Å². The van der Waals surface area contributed by atoms with Crippen molar-refractivity contribution in [3.05, 3.63) is 29.2 Å². The first-order chi connectivity index (χ1) is 20.4. The van der Waals surface area contributed by atoms with Crippen LogP contribution in [0.5, 0.6) is 0 Å². The van der Waals surface area contributed by atoms with Gasteiger partial charge in [-0.05, 0) is 46.6 Å². The molecule has 1 amide bonds. The number of nitrogens with one attached hydrogen (secondary N) is 1. The number of halogens is 1. The van der Waals surface area contributed by atoms with E-state index in [1.54, 1.807) is 18.5 Å². The summed E-state index contributed by atoms with van der Waals surface area (Å²) in [6.07, 6.45) is 4.15. The van der Waals surface area contributed by atoms with Crippen LogP contribution in [-0.4, -0.2) is 96.4 Å². The summed E-state index contributed by atoms with van der Waals surface area (Å²) in [7, 11) is 1.32. The van der Waals surface area contributed by atoms with Crippen LogP contribution in [0.2, 0.25) is 5.02 Å². The van der Waals surface area contributed by atoms with Gasteiger partial charge in [0.1, 0.15) is 16.4 Å². The topological polar surface area (TPSA) is 139 Å². The molecule has 0 aliphatic carbocycles. The molecule has 2 aromatic heterocycles. The number of hydrogen-bond donors (Lipinski definition) is 2. The normalized spacial score (nSPS) is 21.9. The third-order valence-electron chi connectivity index (χ3n) is 8.17. The lowest BCUT2D eigenvalue weighted by molar-refractivity contribution is 0.0433. The Morgan fingerprint density at radius 3 is 2.58 bits per heavy atom. The summed E-state index contributed by atoms with van der Waals surface area (Å²) in [5.74, 6) is 0.745. The molecule has 2 atom stereocenters. The molecule has 3 saturated heterocycles. The van der Waals surface area contributed by atoms with Crippen molar-refractivity contribution in [2.24, 2.45) is 11.3 Å². The van der Waals surface area contributed by atoms with Crippen LogP contribution in [0.25, 0.3) is 0 Å². The number of rotatable bonds is 7. The van der Waals surface area contributed by atoms with Crippen LogP contribution in [0.3, 0.4) is 0 Å². The molecule has 3 aliphatic rings. The lowest BCUT2D eigenvalue weighted by Gasteiger charge is -2.43. The van der Waals surface area contributed by atoms with Crippen molar-refractivity contribution in [3.8, 4) is 0 Å². The predicted molar refractivity (Wildman–Crippen MR) is 162 cm³/mol. The number of pyridine rings is 1. The van der Waals surface area contributed by atoms with Gasteiger partial charge in [0.2, 0.25) is 0 Å². The minimum atomic E-state index is -0.597. The Hall–Kier alpha value is -2.87. The molecule has 0 radical (unpaired) electrons. The fourth-order valence-electron chi connectivity index (χ4n) is 5.87. The van der Waals surface area contributed by atoms with E-state index in [4.69, 9.17) is 25.8 Å². The van der Waals surface area contributed by atoms with Crippen molar-refractivity contribution in [2.75, 3.05) is 56.3 Å². The predicted octanol–water partition coefficient (Wildman–Crippen LogP) is 3.79. The van der Waals surface area contributed by atoms with Crippen molar-refractivity contribution in [1.82, 2.24) is 20.3 Å². The standard InChI is InChI=1S/C29H39ClN6O6S/c1-17-23(34-27(39)42-28(2,3)4)29(16-41-17)7-10-35(11-8-29)25-22(26(38)40-5)33-20(12-32-25)43-19-6-9-31-24(21(19)30)36-13-18(14-36)15-37/h6,9,12,17-18,23,37H,7-8,10-11,13-16H2,1-5H3,(H,34,39)/t17-,23+/m0/s1. The summed E-state index contributed by atoms with van der Waals surface area (Å²) in [4.78, 5) is 44.0. The van der Waals surface area contributed by atoms with Crippen molar-refractivity contribution in [1.29, 1.82) is 0 Å². The van der Waals surface area contributed by atoms with Gasteiger partial charge < -0.3 is 34.4 Å². The Kier molecular flexibility index (Phi) is 9.26. The quantitative estimate of drug-likeness (QED) is 0.428. The molecule has 43 heavy (non-hydrogen) atoms. The van der Waals surface area contributed by atoms with Gasteiger partial charge in [-0.25, -0.2) is 24.5 Å². The molecule has 234 valence electrons. The molecule has 0 saturated carbocycles. The maximum absolute atomic E-state index is 12.9. The second-order valence-electron chi connectivity index (χ2n) is 12.4. The van der Waals surface area contributed by atoms with Crippen LogP contribution < -0.4 is 15.1 Å². The van der Waals surface area contributed by atoms with Gasteiger partial charge in [0.05, 0.1) is 37.1 Å².